The minimum absolute atomic E-state index is 1.15. The largest absolute Gasteiger partial charge is 0.286 e. The standard InChI is InChI=1S/C4H4O2S/c1-2-4-7-6-5-3-1/h1-4H. The summed E-state index contributed by atoms with van der Waals surface area (Å²) in [5, 5.41) is 1.78. The van der Waals surface area contributed by atoms with Crippen molar-refractivity contribution >= 4 is 11.6 Å². The second-order valence-electron chi connectivity index (χ2n) is 0.918. The molecule has 0 N–H and O–H groups in total. The first-order valence-electron chi connectivity index (χ1n) is 1.80. The van der Waals surface area contributed by atoms with E-state index < -0.39 is 0 Å². The Morgan fingerprint density at radius 2 is 2.29 bits per heavy atom. The highest BCUT2D eigenvalue weighted by atomic mass is 32.1. The molecule has 2 nitrogen and oxygen atoms in total. The van der Waals surface area contributed by atoms with E-state index in [4.69, 9.17) is 0 Å². The molecule has 7 heavy (non-hydrogen) atoms. The van der Waals surface area contributed by atoms with E-state index in [2.05, 4.69) is 8.58 Å². The maximum absolute atomic E-state index is 4.44. The minimum atomic E-state index is 1.15. The molecule has 38 valence electrons. The Morgan fingerprint density at radius 3 is 3.29 bits per heavy atom. The van der Waals surface area contributed by atoms with Crippen LogP contribution in [-0.2, 0) is 0 Å². The molecule has 0 fully saturated rings. The fourth-order valence-corrected chi connectivity index (χ4v) is 0.514. The van der Waals surface area contributed by atoms with Gasteiger partial charge in [0.1, 0.15) is 6.26 Å². The average Bonchev–Trinajstić information content (AvgIpc) is 1.90. The van der Waals surface area contributed by atoms with E-state index in [-0.39, 0.29) is 0 Å². The predicted molar refractivity (Wildman–Crippen MR) is 26.5 cm³/mol. The maximum Gasteiger partial charge on any atom is 0.144 e. The molecule has 1 rings (SSSR count). The van der Waals surface area contributed by atoms with Crippen molar-refractivity contribution in [3.8, 4) is 0 Å². The normalized spacial score (nSPS) is 8.00. The first-order chi connectivity index (χ1) is 3.50. The molecule has 0 amide bonds. The Balaban J connectivity index is 3.06. The SMILES string of the molecule is c1ccsooc1. The van der Waals surface area contributed by atoms with Crippen molar-refractivity contribution in [2.24, 2.45) is 0 Å². The first kappa shape index (κ1) is 4.46. The molecule has 0 spiro atoms. The highest BCUT2D eigenvalue weighted by Crippen LogP contribution is 1.89. The molecule has 0 bridgehead atoms. The molecule has 0 saturated carbocycles. The van der Waals surface area contributed by atoms with Gasteiger partial charge in [-0.1, -0.05) is 0 Å². The lowest BCUT2D eigenvalue weighted by atomic mass is 10.7. The summed E-state index contributed by atoms with van der Waals surface area (Å²) in [4.78, 5) is 0. The maximum atomic E-state index is 4.44. The topological polar surface area (TPSA) is 26.3 Å². The van der Waals surface area contributed by atoms with Crippen molar-refractivity contribution in [1.82, 2.24) is 0 Å². The summed E-state index contributed by atoms with van der Waals surface area (Å²) in [5.74, 6) is 0. The van der Waals surface area contributed by atoms with Crippen molar-refractivity contribution in [2.45, 2.75) is 0 Å². The lowest BCUT2D eigenvalue weighted by Crippen LogP contribution is -1.31. The molecular weight excluding hydrogens is 112 g/mol. The van der Waals surface area contributed by atoms with Crippen LogP contribution in [0.15, 0.2) is 32.4 Å². The molecule has 0 unspecified atom stereocenters. The minimum Gasteiger partial charge on any atom is -0.286 e. The number of rotatable bonds is 0. The van der Waals surface area contributed by atoms with Gasteiger partial charge < -0.3 is 0 Å². The summed E-state index contributed by atoms with van der Waals surface area (Å²) in [5.41, 5.74) is 0. The Bertz CT molecular complexity index is 97.7. The Labute approximate surface area is 44.8 Å². The van der Waals surface area contributed by atoms with Crippen LogP contribution in [0.2, 0.25) is 0 Å². The van der Waals surface area contributed by atoms with Gasteiger partial charge in [0, 0.05) is 5.38 Å². The molecule has 0 aliphatic rings. The van der Waals surface area contributed by atoms with Crippen LogP contribution in [0.5, 0.6) is 0 Å². The summed E-state index contributed by atoms with van der Waals surface area (Å²) in [6, 6.07) is 3.58. The molecule has 0 aliphatic heterocycles. The lowest BCUT2D eigenvalue weighted by molar-refractivity contribution is 0.100. The number of hydrogen-bond donors (Lipinski definition) is 0. The third kappa shape index (κ3) is 1.45. The fourth-order valence-electron chi connectivity index (χ4n) is 0.223. The Kier molecular flexibility index (Phi) is 1.57. The smallest absolute Gasteiger partial charge is 0.144 e. The number of hydrogen-bond acceptors (Lipinski definition) is 3. The molecule has 3 heteroatoms. The summed E-state index contributed by atoms with van der Waals surface area (Å²) < 4.78 is 8.85. The molecule has 1 aromatic rings. The summed E-state index contributed by atoms with van der Waals surface area (Å²) >= 11 is 1.15. The van der Waals surface area contributed by atoms with Crippen LogP contribution in [0.4, 0.5) is 0 Å². The Morgan fingerprint density at radius 1 is 1.29 bits per heavy atom. The quantitative estimate of drug-likeness (QED) is 0.485. The molecule has 1 aromatic heterocycles. The van der Waals surface area contributed by atoms with Crippen LogP contribution in [0.25, 0.3) is 0 Å². The van der Waals surface area contributed by atoms with E-state index in [9.17, 15) is 0 Å². The van der Waals surface area contributed by atoms with Gasteiger partial charge in [0.25, 0.3) is 0 Å². The molecule has 0 saturated heterocycles. The monoisotopic (exact) mass is 116 g/mol. The van der Waals surface area contributed by atoms with Crippen LogP contribution in [0.1, 0.15) is 0 Å². The van der Waals surface area contributed by atoms with Crippen LogP contribution in [-0.4, -0.2) is 0 Å². The van der Waals surface area contributed by atoms with E-state index >= 15 is 0 Å². The third-order valence-corrected chi connectivity index (χ3v) is 0.883. The second kappa shape index (κ2) is 2.47. The second-order valence-corrected chi connectivity index (χ2v) is 1.52. The van der Waals surface area contributed by atoms with Gasteiger partial charge in [-0.2, -0.15) is 0 Å². The predicted octanol–water partition coefficient (Wildman–Crippen LogP) is 2.06. The van der Waals surface area contributed by atoms with E-state index in [0.29, 0.717) is 0 Å². The highest BCUT2D eigenvalue weighted by molar-refractivity contribution is 7.00. The van der Waals surface area contributed by atoms with Crippen molar-refractivity contribution in [2.75, 3.05) is 0 Å². The molecule has 0 atom stereocenters. The summed E-state index contributed by atoms with van der Waals surface area (Å²) in [7, 11) is 0. The van der Waals surface area contributed by atoms with Gasteiger partial charge in [-0.3, -0.25) is 4.58 Å². The van der Waals surface area contributed by atoms with E-state index in [1.165, 1.54) is 6.26 Å². The lowest BCUT2D eigenvalue weighted by Gasteiger charge is -1.59. The average molecular weight is 116 g/mol. The van der Waals surface area contributed by atoms with Gasteiger partial charge in [-0.05, 0) is 12.1 Å². The fraction of sp³-hybridized carbons (Fsp3) is 0. The van der Waals surface area contributed by atoms with Crippen molar-refractivity contribution < 1.29 is 8.58 Å². The molecule has 0 aromatic carbocycles. The Hall–Kier alpha value is -0.700. The van der Waals surface area contributed by atoms with Gasteiger partial charge in [0.2, 0.25) is 0 Å². The van der Waals surface area contributed by atoms with Crippen LogP contribution < -0.4 is 0 Å². The van der Waals surface area contributed by atoms with Crippen LogP contribution in [0, 0.1) is 0 Å². The van der Waals surface area contributed by atoms with Crippen LogP contribution >= 0.6 is 11.6 Å². The summed E-state index contributed by atoms with van der Waals surface area (Å²) in [6.45, 7) is 0. The van der Waals surface area contributed by atoms with E-state index in [0.717, 1.165) is 11.6 Å². The zero-order valence-electron chi connectivity index (χ0n) is 3.53. The summed E-state index contributed by atoms with van der Waals surface area (Å²) in [6.07, 6.45) is 1.47. The van der Waals surface area contributed by atoms with Gasteiger partial charge in [-0.15, -0.1) is 0 Å². The van der Waals surface area contributed by atoms with E-state index in [1.807, 2.05) is 6.07 Å². The zero-order chi connectivity index (χ0) is 4.95. The molecule has 0 aliphatic carbocycles. The molecule has 1 heterocycles. The van der Waals surface area contributed by atoms with Gasteiger partial charge in [0.15, 0.2) is 0 Å². The molecule has 0 radical (unpaired) electrons. The van der Waals surface area contributed by atoms with Crippen molar-refractivity contribution in [3.63, 3.8) is 0 Å². The van der Waals surface area contributed by atoms with Crippen molar-refractivity contribution in [1.29, 1.82) is 0 Å². The first-order valence-corrected chi connectivity index (χ1v) is 2.61. The van der Waals surface area contributed by atoms with Gasteiger partial charge in [0.05, 0.1) is 11.6 Å². The molecular formula is C4H4O2S. The van der Waals surface area contributed by atoms with E-state index in [1.54, 1.807) is 11.4 Å². The van der Waals surface area contributed by atoms with Gasteiger partial charge in [-0.25, -0.2) is 4.01 Å². The van der Waals surface area contributed by atoms with Crippen LogP contribution in [0.3, 0.4) is 0 Å². The van der Waals surface area contributed by atoms with Crippen molar-refractivity contribution in [3.05, 3.63) is 23.8 Å². The zero-order valence-corrected chi connectivity index (χ0v) is 4.35. The highest BCUT2D eigenvalue weighted by Gasteiger charge is 1.61. The van der Waals surface area contributed by atoms with Gasteiger partial charge >= 0.3 is 0 Å². The third-order valence-electron chi connectivity index (χ3n) is 0.458.